The molecule has 1 aromatic carbocycles. The number of ether oxygens (including phenoxy) is 1. The molecule has 2 rings (SSSR count). The summed E-state index contributed by atoms with van der Waals surface area (Å²) in [7, 11) is 0. The molecule has 19 heavy (non-hydrogen) atoms. The first-order valence-corrected chi connectivity index (χ1v) is 6.21. The SMILES string of the molecule is CC1CN(c2cccc(OC(F)(F)F)c2)CCC1N. The van der Waals surface area contributed by atoms with Crippen LogP contribution in [0.1, 0.15) is 13.3 Å². The van der Waals surface area contributed by atoms with Gasteiger partial charge in [0.05, 0.1) is 0 Å². The molecule has 0 bridgehead atoms. The van der Waals surface area contributed by atoms with Crippen LogP contribution < -0.4 is 15.4 Å². The summed E-state index contributed by atoms with van der Waals surface area (Å²) < 4.78 is 40.5. The lowest BCUT2D eigenvalue weighted by Gasteiger charge is -2.36. The monoisotopic (exact) mass is 274 g/mol. The smallest absolute Gasteiger partial charge is 0.406 e. The fraction of sp³-hybridized carbons (Fsp3) is 0.538. The molecule has 0 aliphatic carbocycles. The van der Waals surface area contributed by atoms with Gasteiger partial charge in [-0.2, -0.15) is 0 Å². The highest BCUT2D eigenvalue weighted by Crippen LogP contribution is 2.28. The van der Waals surface area contributed by atoms with Crippen LogP contribution in [0.15, 0.2) is 24.3 Å². The summed E-state index contributed by atoms with van der Waals surface area (Å²) >= 11 is 0. The van der Waals surface area contributed by atoms with E-state index in [1.807, 2.05) is 11.8 Å². The van der Waals surface area contributed by atoms with Crippen molar-refractivity contribution in [3.05, 3.63) is 24.3 Å². The molecule has 0 radical (unpaired) electrons. The molecule has 1 fully saturated rings. The van der Waals surface area contributed by atoms with E-state index in [1.54, 1.807) is 12.1 Å². The van der Waals surface area contributed by atoms with Crippen molar-refractivity contribution in [2.24, 2.45) is 11.7 Å². The summed E-state index contributed by atoms with van der Waals surface area (Å²) in [6, 6.07) is 6.22. The van der Waals surface area contributed by atoms with Gasteiger partial charge in [0.1, 0.15) is 5.75 Å². The predicted octanol–water partition coefficient (Wildman–Crippen LogP) is 2.76. The summed E-state index contributed by atoms with van der Waals surface area (Å²) in [6.45, 7) is 3.55. The van der Waals surface area contributed by atoms with Crippen LogP contribution in [-0.2, 0) is 0 Å². The minimum atomic E-state index is -4.66. The van der Waals surface area contributed by atoms with Crippen molar-refractivity contribution in [3.63, 3.8) is 0 Å². The number of nitrogens with zero attached hydrogens (tertiary/aromatic N) is 1. The zero-order valence-corrected chi connectivity index (χ0v) is 10.7. The number of rotatable bonds is 2. The third-order valence-electron chi connectivity index (χ3n) is 3.39. The second-order valence-corrected chi connectivity index (χ2v) is 4.92. The Balaban J connectivity index is 2.10. The highest BCUT2D eigenvalue weighted by molar-refractivity contribution is 5.51. The summed E-state index contributed by atoms with van der Waals surface area (Å²) in [4.78, 5) is 2.04. The average molecular weight is 274 g/mol. The Morgan fingerprint density at radius 2 is 2.11 bits per heavy atom. The Kier molecular flexibility index (Phi) is 3.89. The molecule has 1 aromatic rings. The van der Waals surface area contributed by atoms with E-state index >= 15 is 0 Å². The van der Waals surface area contributed by atoms with Gasteiger partial charge in [-0.05, 0) is 24.5 Å². The zero-order chi connectivity index (χ0) is 14.0. The molecule has 1 heterocycles. The third kappa shape index (κ3) is 3.76. The van der Waals surface area contributed by atoms with Crippen molar-refractivity contribution in [2.45, 2.75) is 25.7 Å². The van der Waals surface area contributed by atoms with E-state index < -0.39 is 6.36 Å². The number of halogens is 3. The molecular formula is C13H17F3N2O. The molecule has 6 heteroatoms. The molecule has 1 aliphatic heterocycles. The molecule has 106 valence electrons. The Hall–Kier alpha value is -1.43. The standard InChI is InChI=1S/C13H17F3N2O/c1-9-8-18(6-5-12(9)17)10-3-2-4-11(7-10)19-13(14,15)16/h2-4,7,9,12H,5-6,8,17H2,1H3. The number of alkyl halides is 3. The van der Waals surface area contributed by atoms with Crippen LogP contribution in [0.3, 0.4) is 0 Å². The first-order chi connectivity index (χ1) is 8.85. The molecule has 3 nitrogen and oxygen atoms in total. The summed E-state index contributed by atoms with van der Waals surface area (Å²) in [5.74, 6) is 0.133. The molecule has 0 saturated carbocycles. The first-order valence-electron chi connectivity index (χ1n) is 6.21. The van der Waals surface area contributed by atoms with E-state index in [9.17, 15) is 13.2 Å². The first kappa shape index (κ1) is 14.0. The van der Waals surface area contributed by atoms with Gasteiger partial charge in [0, 0.05) is 30.9 Å². The molecule has 1 aliphatic rings. The predicted molar refractivity (Wildman–Crippen MR) is 67.1 cm³/mol. The van der Waals surface area contributed by atoms with Crippen LogP contribution in [0.25, 0.3) is 0 Å². The van der Waals surface area contributed by atoms with Crippen LogP contribution in [0, 0.1) is 5.92 Å². The fourth-order valence-corrected chi connectivity index (χ4v) is 2.28. The largest absolute Gasteiger partial charge is 0.573 e. The highest BCUT2D eigenvalue weighted by atomic mass is 19.4. The Morgan fingerprint density at radius 1 is 1.37 bits per heavy atom. The maximum absolute atomic E-state index is 12.2. The zero-order valence-electron chi connectivity index (χ0n) is 10.7. The normalized spacial score (nSPS) is 24.4. The van der Waals surface area contributed by atoms with E-state index in [0.29, 0.717) is 5.92 Å². The van der Waals surface area contributed by atoms with Gasteiger partial charge < -0.3 is 15.4 Å². The van der Waals surface area contributed by atoms with Crippen molar-refractivity contribution in [1.29, 1.82) is 0 Å². The second-order valence-electron chi connectivity index (χ2n) is 4.92. The minimum absolute atomic E-state index is 0.158. The lowest BCUT2D eigenvalue weighted by Crippen LogP contribution is -2.45. The van der Waals surface area contributed by atoms with Gasteiger partial charge in [0.2, 0.25) is 0 Å². The topological polar surface area (TPSA) is 38.5 Å². The summed E-state index contributed by atoms with van der Waals surface area (Å²) in [5.41, 5.74) is 6.67. The van der Waals surface area contributed by atoms with E-state index in [0.717, 1.165) is 25.2 Å². The highest BCUT2D eigenvalue weighted by Gasteiger charge is 2.31. The fourth-order valence-electron chi connectivity index (χ4n) is 2.28. The lowest BCUT2D eigenvalue weighted by atomic mass is 9.94. The van der Waals surface area contributed by atoms with Gasteiger partial charge in [0.25, 0.3) is 0 Å². The lowest BCUT2D eigenvalue weighted by molar-refractivity contribution is -0.274. The van der Waals surface area contributed by atoms with Gasteiger partial charge in [-0.25, -0.2) is 0 Å². The van der Waals surface area contributed by atoms with E-state index in [1.165, 1.54) is 12.1 Å². The molecule has 0 spiro atoms. The van der Waals surface area contributed by atoms with Crippen LogP contribution >= 0.6 is 0 Å². The molecule has 0 aromatic heterocycles. The minimum Gasteiger partial charge on any atom is -0.406 e. The Morgan fingerprint density at radius 3 is 2.74 bits per heavy atom. The van der Waals surface area contributed by atoms with Gasteiger partial charge in [-0.3, -0.25) is 0 Å². The van der Waals surface area contributed by atoms with E-state index in [-0.39, 0.29) is 11.8 Å². The molecule has 2 atom stereocenters. The Bertz CT molecular complexity index is 436. The number of piperidine rings is 1. The number of benzene rings is 1. The van der Waals surface area contributed by atoms with E-state index in [2.05, 4.69) is 4.74 Å². The number of anilines is 1. The van der Waals surface area contributed by atoms with Crippen molar-refractivity contribution in [3.8, 4) is 5.75 Å². The molecule has 0 amide bonds. The van der Waals surface area contributed by atoms with Gasteiger partial charge >= 0.3 is 6.36 Å². The van der Waals surface area contributed by atoms with Crippen molar-refractivity contribution in [2.75, 3.05) is 18.0 Å². The number of nitrogens with two attached hydrogens (primary N) is 1. The van der Waals surface area contributed by atoms with Gasteiger partial charge in [-0.1, -0.05) is 13.0 Å². The van der Waals surface area contributed by atoms with Crippen LogP contribution in [0.4, 0.5) is 18.9 Å². The molecular weight excluding hydrogens is 257 g/mol. The van der Waals surface area contributed by atoms with Crippen molar-refractivity contribution < 1.29 is 17.9 Å². The van der Waals surface area contributed by atoms with Crippen LogP contribution in [-0.4, -0.2) is 25.5 Å². The average Bonchev–Trinajstić information content (AvgIpc) is 2.31. The third-order valence-corrected chi connectivity index (χ3v) is 3.39. The summed E-state index contributed by atoms with van der Waals surface area (Å²) in [6.07, 6.45) is -3.82. The maximum atomic E-state index is 12.2. The van der Waals surface area contributed by atoms with E-state index in [4.69, 9.17) is 5.73 Å². The van der Waals surface area contributed by atoms with Gasteiger partial charge in [0.15, 0.2) is 0 Å². The maximum Gasteiger partial charge on any atom is 0.573 e. The van der Waals surface area contributed by atoms with Crippen LogP contribution in [0.5, 0.6) is 5.75 Å². The van der Waals surface area contributed by atoms with Crippen molar-refractivity contribution in [1.82, 2.24) is 0 Å². The number of hydrogen-bond acceptors (Lipinski definition) is 3. The molecule has 2 unspecified atom stereocenters. The quantitative estimate of drug-likeness (QED) is 0.901. The second kappa shape index (κ2) is 5.28. The van der Waals surface area contributed by atoms with Crippen molar-refractivity contribution >= 4 is 5.69 Å². The molecule has 2 N–H and O–H groups in total. The Labute approximate surface area is 110 Å². The molecule has 1 saturated heterocycles. The van der Waals surface area contributed by atoms with Crippen LogP contribution in [0.2, 0.25) is 0 Å². The van der Waals surface area contributed by atoms with Gasteiger partial charge in [-0.15, -0.1) is 13.2 Å². The summed E-state index contributed by atoms with van der Waals surface area (Å²) in [5, 5.41) is 0. The number of hydrogen-bond donors (Lipinski definition) is 1.